The van der Waals surface area contributed by atoms with Gasteiger partial charge in [-0.3, -0.25) is 10.2 Å². The molecule has 0 radical (unpaired) electrons. The number of piperidine rings is 1. The van der Waals surface area contributed by atoms with Crippen LogP contribution < -0.4 is 5.43 Å². The Balaban J connectivity index is 1.98. The van der Waals surface area contributed by atoms with Crippen LogP contribution in [0.2, 0.25) is 0 Å². The molecule has 25 heavy (non-hydrogen) atoms. The summed E-state index contributed by atoms with van der Waals surface area (Å²) in [6, 6.07) is 6.58. The maximum absolute atomic E-state index is 12.4. The minimum Gasteiger partial charge on any atom is -0.285 e. The quantitative estimate of drug-likeness (QED) is 0.753. The van der Waals surface area contributed by atoms with Gasteiger partial charge in [0.2, 0.25) is 10.0 Å². The molecular formula is C18H27N3O3S. The first kappa shape index (κ1) is 19.6. The SMILES string of the molecule is CCN(CC)S(=O)(=O)c1ccc(/C=C/C(=O)NN2CCCCC2)cc1. The van der Waals surface area contributed by atoms with E-state index in [2.05, 4.69) is 5.43 Å². The van der Waals surface area contributed by atoms with Crippen molar-refractivity contribution in [1.29, 1.82) is 0 Å². The van der Waals surface area contributed by atoms with Crippen molar-refractivity contribution in [2.24, 2.45) is 0 Å². The van der Waals surface area contributed by atoms with E-state index in [1.807, 2.05) is 18.9 Å². The van der Waals surface area contributed by atoms with Crippen molar-refractivity contribution in [3.05, 3.63) is 35.9 Å². The van der Waals surface area contributed by atoms with Crippen molar-refractivity contribution in [1.82, 2.24) is 14.7 Å². The van der Waals surface area contributed by atoms with E-state index in [0.717, 1.165) is 31.5 Å². The molecule has 0 saturated carbocycles. The fourth-order valence-electron chi connectivity index (χ4n) is 2.83. The Bertz CT molecular complexity index is 689. The molecule has 1 fully saturated rings. The zero-order chi connectivity index (χ0) is 18.3. The third kappa shape index (κ3) is 5.39. The monoisotopic (exact) mass is 365 g/mol. The second-order valence-corrected chi connectivity index (χ2v) is 7.95. The van der Waals surface area contributed by atoms with Gasteiger partial charge in [-0.25, -0.2) is 13.4 Å². The maximum Gasteiger partial charge on any atom is 0.258 e. The maximum atomic E-state index is 12.4. The van der Waals surface area contributed by atoms with Crippen LogP contribution in [0.1, 0.15) is 38.7 Å². The standard InChI is InChI=1S/C18H27N3O3S/c1-3-21(4-2)25(23,24)17-11-8-16(9-12-17)10-13-18(22)19-20-14-6-5-7-15-20/h8-13H,3-7,14-15H2,1-2H3,(H,19,22)/b13-10+. The van der Waals surface area contributed by atoms with E-state index >= 15 is 0 Å². The van der Waals surface area contributed by atoms with Gasteiger partial charge in [-0.15, -0.1) is 0 Å². The van der Waals surface area contributed by atoms with Crippen LogP contribution in [0.25, 0.3) is 6.08 Å². The van der Waals surface area contributed by atoms with Gasteiger partial charge in [0.1, 0.15) is 0 Å². The molecule has 7 heteroatoms. The second-order valence-electron chi connectivity index (χ2n) is 6.02. The summed E-state index contributed by atoms with van der Waals surface area (Å²) >= 11 is 0. The average Bonchev–Trinajstić information content (AvgIpc) is 2.62. The average molecular weight is 365 g/mol. The van der Waals surface area contributed by atoms with Gasteiger partial charge in [0, 0.05) is 32.3 Å². The van der Waals surface area contributed by atoms with Crippen LogP contribution in [0.3, 0.4) is 0 Å². The van der Waals surface area contributed by atoms with Gasteiger partial charge in [-0.2, -0.15) is 4.31 Å². The van der Waals surface area contributed by atoms with Crippen LogP contribution >= 0.6 is 0 Å². The lowest BCUT2D eigenvalue weighted by molar-refractivity contribution is -0.121. The van der Waals surface area contributed by atoms with E-state index in [4.69, 9.17) is 0 Å². The molecule has 138 valence electrons. The molecule has 1 N–H and O–H groups in total. The Morgan fingerprint density at radius 1 is 1.12 bits per heavy atom. The molecule has 1 saturated heterocycles. The lowest BCUT2D eigenvalue weighted by Crippen LogP contribution is -2.44. The number of carbonyl (C=O) groups excluding carboxylic acids is 1. The summed E-state index contributed by atoms with van der Waals surface area (Å²) in [5, 5.41) is 1.94. The Kier molecular flexibility index (Phi) is 7.16. The van der Waals surface area contributed by atoms with E-state index < -0.39 is 10.0 Å². The molecule has 2 rings (SSSR count). The summed E-state index contributed by atoms with van der Waals surface area (Å²) < 4.78 is 26.3. The van der Waals surface area contributed by atoms with Crippen LogP contribution in [0.15, 0.2) is 35.2 Å². The zero-order valence-corrected chi connectivity index (χ0v) is 15.8. The first-order valence-electron chi connectivity index (χ1n) is 8.81. The van der Waals surface area contributed by atoms with Gasteiger partial charge in [0.25, 0.3) is 5.91 Å². The molecule has 0 bridgehead atoms. The molecule has 1 aromatic rings. The highest BCUT2D eigenvalue weighted by Gasteiger charge is 2.20. The number of carbonyl (C=O) groups is 1. The Morgan fingerprint density at radius 2 is 1.72 bits per heavy atom. The highest BCUT2D eigenvalue weighted by atomic mass is 32.2. The molecule has 1 aliphatic rings. The van der Waals surface area contributed by atoms with Crippen LogP contribution in [0, 0.1) is 0 Å². The van der Waals surface area contributed by atoms with Gasteiger partial charge in [-0.1, -0.05) is 32.4 Å². The second kappa shape index (κ2) is 9.12. The normalized spacial score (nSPS) is 16.4. The Hall–Kier alpha value is -1.70. The topological polar surface area (TPSA) is 69.7 Å². The molecular weight excluding hydrogens is 338 g/mol. The molecule has 1 heterocycles. The van der Waals surface area contributed by atoms with Crippen LogP contribution in [0.5, 0.6) is 0 Å². The van der Waals surface area contributed by atoms with Gasteiger partial charge < -0.3 is 0 Å². The lowest BCUT2D eigenvalue weighted by Gasteiger charge is -2.26. The first-order valence-corrected chi connectivity index (χ1v) is 10.2. The third-order valence-electron chi connectivity index (χ3n) is 4.27. The van der Waals surface area contributed by atoms with E-state index in [1.54, 1.807) is 30.3 Å². The smallest absolute Gasteiger partial charge is 0.258 e. The Morgan fingerprint density at radius 3 is 2.28 bits per heavy atom. The highest BCUT2D eigenvalue weighted by molar-refractivity contribution is 7.89. The van der Waals surface area contributed by atoms with Crippen molar-refractivity contribution >= 4 is 22.0 Å². The molecule has 0 unspecified atom stereocenters. The largest absolute Gasteiger partial charge is 0.285 e. The summed E-state index contributed by atoms with van der Waals surface area (Å²) in [5.74, 6) is -0.165. The molecule has 0 aliphatic carbocycles. The Labute approximate surface area is 150 Å². The van der Waals surface area contributed by atoms with Crippen LogP contribution in [-0.4, -0.2) is 49.8 Å². The van der Waals surface area contributed by atoms with Gasteiger partial charge in [0.15, 0.2) is 0 Å². The van der Waals surface area contributed by atoms with Gasteiger partial charge in [-0.05, 0) is 36.6 Å². The summed E-state index contributed by atoms with van der Waals surface area (Å²) in [4.78, 5) is 12.2. The number of hydrazine groups is 1. The minimum atomic E-state index is -3.45. The van der Waals surface area contributed by atoms with Crippen molar-refractivity contribution in [2.75, 3.05) is 26.2 Å². The number of nitrogens with zero attached hydrogens (tertiary/aromatic N) is 2. The van der Waals surface area contributed by atoms with Crippen molar-refractivity contribution in [3.8, 4) is 0 Å². The van der Waals surface area contributed by atoms with Crippen molar-refractivity contribution in [2.45, 2.75) is 38.0 Å². The lowest BCUT2D eigenvalue weighted by atomic mass is 10.2. The number of rotatable bonds is 7. The predicted molar refractivity (Wildman–Crippen MR) is 99.1 cm³/mol. The number of sulfonamides is 1. The molecule has 0 spiro atoms. The molecule has 0 aromatic heterocycles. The summed E-state index contributed by atoms with van der Waals surface area (Å²) in [5.41, 5.74) is 3.64. The van der Waals surface area contributed by atoms with Crippen LogP contribution in [-0.2, 0) is 14.8 Å². The summed E-state index contributed by atoms with van der Waals surface area (Å²) in [6.07, 6.45) is 6.58. The molecule has 1 aromatic carbocycles. The third-order valence-corrected chi connectivity index (χ3v) is 6.34. The van der Waals surface area contributed by atoms with Crippen molar-refractivity contribution < 1.29 is 13.2 Å². The zero-order valence-electron chi connectivity index (χ0n) is 14.9. The molecule has 6 nitrogen and oxygen atoms in total. The van der Waals surface area contributed by atoms with E-state index in [-0.39, 0.29) is 10.8 Å². The summed E-state index contributed by atoms with van der Waals surface area (Å²) in [6.45, 7) is 6.29. The van der Waals surface area contributed by atoms with E-state index in [9.17, 15) is 13.2 Å². The van der Waals surface area contributed by atoms with Gasteiger partial charge >= 0.3 is 0 Å². The summed E-state index contributed by atoms with van der Waals surface area (Å²) in [7, 11) is -3.45. The molecule has 0 atom stereocenters. The molecule has 1 amide bonds. The number of benzene rings is 1. The highest BCUT2D eigenvalue weighted by Crippen LogP contribution is 2.16. The first-order chi connectivity index (χ1) is 12.0. The fourth-order valence-corrected chi connectivity index (χ4v) is 4.29. The number of hydrogen-bond acceptors (Lipinski definition) is 4. The fraction of sp³-hybridized carbons (Fsp3) is 0.500. The number of nitrogens with one attached hydrogen (secondary N) is 1. The minimum absolute atomic E-state index is 0.165. The van der Waals surface area contributed by atoms with Crippen LogP contribution in [0.4, 0.5) is 0 Å². The van der Waals surface area contributed by atoms with E-state index in [1.165, 1.54) is 16.8 Å². The van der Waals surface area contributed by atoms with Gasteiger partial charge in [0.05, 0.1) is 4.90 Å². The number of amides is 1. The van der Waals surface area contributed by atoms with E-state index in [0.29, 0.717) is 13.1 Å². The molecule has 1 aliphatic heterocycles. The number of hydrogen-bond donors (Lipinski definition) is 1. The predicted octanol–water partition coefficient (Wildman–Crippen LogP) is 2.25. The van der Waals surface area contributed by atoms with Crippen molar-refractivity contribution in [3.63, 3.8) is 0 Å².